The molecule has 2 unspecified atom stereocenters. The summed E-state index contributed by atoms with van der Waals surface area (Å²) in [4.78, 5) is 2.50. The highest BCUT2D eigenvalue weighted by Gasteiger charge is 2.24. The Morgan fingerprint density at radius 3 is 2.55 bits per heavy atom. The molecule has 0 aliphatic carbocycles. The van der Waals surface area contributed by atoms with E-state index in [1.54, 1.807) is 0 Å². The van der Waals surface area contributed by atoms with Crippen molar-refractivity contribution in [1.82, 2.24) is 4.90 Å². The smallest absolute Gasteiger partial charge is 0.0488 e. The molecule has 0 bridgehead atoms. The highest BCUT2D eigenvalue weighted by molar-refractivity contribution is 9.10. The van der Waals surface area contributed by atoms with E-state index in [9.17, 15) is 0 Å². The molecular formula is C16H26BrClN2. The summed E-state index contributed by atoms with van der Waals surface area (Å²) in [6.07, 6.45) is 3.50. The van der Waals surface area contributed by atoms with Crippen LogP contribution in [0.1, 0.15) is 51.6 Å². The Labute approximate surface area is 136 Å². The third kappa shape index (κ3) is 4.73. The Morgan fingerprint density at radius 2 is 2.05 bits per heavy atom. The largest absolute Gasteiger partial charge is 0.329 e. The van der Waals surface area contributed by atoms with Crippen LogP contribution in [0.3, 0.4) is 0 Å². The fourth-order valence-corrected chi connectivity index (χ4v) is 3.27. The van der Waals surface area contributed by atoms with Gasteiger partial charge >= 0.3 is 0 Å². The second-order valence-corrected chi connectivity index (χ2v) is 6.59. The molecular weight excluding hydrogens is 336 g/mol. The molecule has 0 aliphatic heterocycles. The molecule has 0 fully saturated rings. The van der Waals surface area contributed by atoms with Crippen molar-refractivity contribution >= 4 is 27.5 Å². The van der Waals surface area contributed by atoms with Crippen LogP contribution in [-0.2, 0) is 0 Å². The summed E-state index contributed by atoms with van der Waals surface area (Å²) in [6, 6.07) is 6.78. The van der Waals surface area contributed by atoms with Crippen molar-refractivity contribution in [3.05, 3.63) is 33.3 Å². The first kappa shape index (κ1) is 18.0. The molecule has 4 heteroatoms. The van der Waals surface area contributed by atoms with Crippen molar-refractivity contribution in [2.24, 2.45) is 5.73 Å². The molecule has 0 spiro atoms. The lowest BCUT2D eigenvalue weighted by atomic mass is 10.0. The summed E-state index contributed by atoms with van der Waals surface area (Å²) in [5.74, 6) is 0. The number of nitrogens with zero attached hydrogens (tertiary/aromatic N) is 1. The van der Waals surface area contributed by atoms with Crippen molar-refractivity contribution < 1.29 is 0 Å². The Morgan fingerprint density at radius 1 is 1.35 bits per heavy atom. The lowest BCUT2D eigenvalue weighted by molar-refractivity contribution is 0.141. The summed E-state index contributed by atoms with van der Waals surface area (Å²) in [6.45, 7) is 8.37. The minimum absolute atomic E-state index is 0.192. The van der Waals surface area contributed by atoms with Gasteiger partial charge in [-0.15, -0.1) is 0 Å². The molecule has 0 aliphatic rings. The average Bonchev–Trinajstić information content (AvgIpc) is 2.44. The molecule has 20 heavy (non-hydrogen) atoms. The maximum absolute atomic E-state index is 6.42. The summed E-state index contributed by atoms with van der Waals surface area (Å²) >= 11 is 9.88. The number of rotatable bonds is 8. The van der Waals surface area contributed by atoms with E-state index in [-0.39, 0.29) is 6.04 Å². The van der Waals surface area contributed by atoms with Gasteiger partial charge in [0, 0.05) is 28.1 Å². The Kier molecular flexibility index (Phi) is 8.11. The lowest BCUT2D eigenvalue weighted by Gasteiger charge is -2.36. The minimum atomic E-state index is 0.192. The van der Waals surface area contributed by atoms with Crippen LogP contribution in [0.25, 0.3) is 0 Å². The quantitative estimate of drug-likeness (QED) is 0.705. The fraction of sp³-hybridized carbons (Fsp3) is 0.625. The molecule has 114 valence electrons. The van der Waals surface area contributed by atoms with Gasteiger partial charge in [-0.2, -0.15) is 0 Å². The van der Waals surface area contributed by atoms with Crippen molar-refractivity contribution in [3.63, 3.8) is 0 Å². The number of hydrogen-bond acceptors (Lipinski definition) is 2. The number of halogens is 2. The Balaban J connectivity index is 3.04. The number of hydrogen-bond donors (Lipinski definition) is 1. The number of nitrogens with two attached hydrogens (primary N) is 1. The third-order valence-corrected chi connectivity index (χ3v) is 4.69. The molecule has 2 nitrogen and oxygen atoms in total. The number of benzene rings is 1. The molecule has 0 radical (unpaired) electrons. The van der Waals surface area contributed by atoms with Gasteiger partial charge in [-0.3, -0.25) is 4.90 Å². The van der Waals surface area contributed by atoms with Crippen LogP contribution in [0.2, 0.25) is 5.02 Å². The maximum atomic E-state index is 6.42. The molecule has 1 rings (SSSR count). The summed E-state index contributed by atoms with van der Waals surface area (Å²) in [7, 11) is 0. The van der Waals surface area contributed by atoms with E-state index in [0.717, 1.165) is 28.0 Å². The van der Waals surface area contributed by atoms with Gasteiger partial charge in [0.05, 0.1) is 0 Å². The SMILES string of the molecule is CCCCN(C(C)CC)C(CN)c1ccc(Br)cc1Cl. The van der Waals surface area contributed by atoms with Crippen molar-refractivity contribution in [2.75, 3.05) is 13.1 Å². The molecule has 0 heterocycles. The average molecular weight is 362 g/mol. The summed E-state index contributed by atoms with van der Waals surface area (Å²) in [5.41, 5.74) is 7.20. The molecule has 2 atom stereocenters. The maximum Gasteiger partial charge on any atom is 0.0488 e. The molecule has 2 N–H and O–H groups in total. The van der Waals surface area contributed by atoms with E-state index >= 15 is 0 Å². The van der Waals surface area contributed by atoms with Crippen LogP contribution in [-0.4, -0.2) is 24.0 Å². The van der Waals surface area contributed by atoms with Crippen molar-refractivity contribution in [2.45, 2.75) is 52.1 Å². The fourth-order valence-electron chi connectivity index (χ4n) is 2.47. The van der Waals surface area contributed by atoms with E-state index in [2.05, 4.69) is 47.7 Å². The molecule has 1 aromatic carbocycles. The Bertz CT molecular complexity index is 411. The lowest BCUT2D eigenvalue weighted by Crippen LogP contribution is -2.40. The van der Waals surface area contributed by atoms with Gasteiger partial charge < -0.3 is 5.73 Å². The molecule has 0 aromatic heterocycles. The minimum Gasteiger partial charge on any atom is -0.329 e. The third-order valence-electron chi connectivity index (χ3n) is 3.87. The van der Waals surface area contributed by atoms with Crippen LogP contribution in [0.5, 0.6) is 0 Å². The topological polar surface area (TPSA) is 29.3 Å². The van der Waals surface area contributed by atoms with E-state index < -0.39 is 0 Å². The van der Waals surface area contributed by atoms with Gasteiger partial charge in [-0.25, -0.2) is 0 Å². The normalized spacial score (nSPS) is 14.6. The summed E-state index contributed by atoms with van der Waals surface area (Å²) < 4.78 is 1.01. The molecule has 1 aromatic rings. The summed E-state index contributed by atoms with van der Waals surface area (Å²) in [5, 5.41) is 0.791. The van der Waals surface area contributed by atoms with Crippen LogP contribution < -0.4 is 5.73 Å². The molecule has 0 saturated carbocycles. The number of unbranched alkanes of at least 4 members (excludes halogenated alkanes) is 1. The van der Waals surface area contributed by atoms with Crippen LogP contribution in [0.4, 0.5) is 0 Å². The van der Waals surface area contributed by atoms with Gasteiger partial charge in [0.25, 0.3) is 0 Å². The first-order valence-corrected chi connectivity index (χ1v) is 8.62. The molecule has 0 saturated heterocycles. The zero-order valence-corrected chi connectivity index (χ0v) is 15.0. The second kappa shape index (κ2) is 9.04. The second-order valence-electron chi connectivity index (χ2n) is 5.27. The highest BCUT2D eigenvalue weighted by Crippen LogP contribution is 2.31. The van der Waals surface area contributed by atoms with Crippen LogP contribution in [0.15, 0.2) is 22.7 Å². The predicted octanol–water partition coefficient (Wildman–Crippen LogP) is 5.00. The zero-order valence-electron chi connectivity index (χ0n) is 12.7. The zero-order chi connectivity index (χ0) is 15.1. The van der Waals surface area contributed by atoms with E-state index in [0.29, 0.717) is 12.6 Å². The monoisotopic (exact) mass is 360 g/mol. The first-order valence-electron chi connectivity index (χ1n) is 7.45. The van der Waals surface area contributed by atoms with Crippen LogP contribution >= 0.6 is 27.5 Å². The van der Waals surface area contributed by atoms with Gasteiger partial charge in [-0.05, 0) is 44.0 Å². The molecule has 0 amide bonds. The van der Waals surface area contributed by atoms with Crippen LogP contribution in [0, 0.1) is 0 Å². The standard InChI is InChI=1S/C16H26BrClN2/c1-4-6-9-20(12(3)5-2)16(11-19)14-8-7-13(17)10-15(14)18/h7-8,10,12,16H,4-6,9,11,19H2,1-3H3. The predicted molar refractivity (Wildman–Crippen MR) is 92.3 cm³/mol. The van der Waals surface area contributed by atoms with Crippen molar-refractivity contribution in [1.29, 1.82) is 0 Å². The highest BCUT2D eigenvalue weighted by atomic mass is 79.9. The van der Waals surface area contributed by atoms with Gasteiger partial charge in [0.1, 0.15) is 0 Å². The Hall–Kier alpha value is -0.0900. The van der Waals surface area contributed by atoms with Gasteiger partial charge in [-0.1, -0.05) is 53.9 Å². The van der Waals surface area contributed by atoms with Gasteiger partial charge in [0.2, 0.25) is 0 Å². The first-order chi connectivity index (χ1) is 9.54. The van der Waals surface area contributed by atoms with E-state index in [4.69, 9.17) is 17.3 Å². The van der Waals surface area contributed by atoms with E-state index in [1.807, 2.05) is 12.1 Å². The van der Waals surface area contributed by atoms with Gasteiger partial charge in [0.15, 0.2) is 0 Å². The van der Waals surface area contributed by atoms with Crippen molar-refractivity contribution in [3.8, 4) is 0 Å². The van der Waals surface area contributed by atoms with E-state index in [1.165, 1.54) is 12.8 Å².